The molecule has 1 aromatic carbocycles. The van der Waals surface area contributed by atoms with Gasteiger partial charge in [0.25, 0.3) is 5.91 Å². The Labute approximate surface area is 161 Å². The lowest BCUT2D eigenvalue weighted by Crippen LogP contribution is -2.22. The predicted molar refractivity (Wildman–Crippen MR) is 106 cm³/mol. The van der Waals surface area contributed by atoms with Gasteiger partial charge in [-0.1, -0.05) is 32.9 Å². The van der Waals surface area contributed by atoms with Crippen LogP contribution in [0.25, 0.3) is 11.7 Å². The molecule has 142 valence electrons. The zero-order valence-electron chi connectivity index (χ0n) is 15.8. The van der Waals surface area contributed by atoms with Gasteiger partial charge in [-0.3, -0.25) is 10.1 Å². The third kappa shape index (κ3) is 3.44. The number of hydrogen-bond donors (Lipinski definition) is 3. The number of carbonyl (C=O) groups is 2. The van der Waals surface area contributed by atoms with Gasteiger partial charge < -0.3 is 10.6 Å². The molecule has 3 amide bonds. The van der Waals surface area contributed by atoms with Crippen LogP contribution < -0.4 is 16.0 Å². The molecule has 0 bridgehead atoms. The molecule has 8 nitrogen and oxygen atoms in total. The minimum absolute atomic E-state index is 0.0478. The quantitative estimate of drug-likeness (QED) is 0.482. The highest BCUT2D eigenvalue weighted by Gasteiger charge is 2.23. The van der Waals surface area contributed by atoms with Crippen LogP contribution in [0.2, 0.25) is 0 Å². The zero-order valence-corrected chi connectivity index (χ0v) is 15.8. The van der Waals surface area contributed by atoms with E-state index in [0.717, 1.165) is 5.69 Å². The first kappa shape index (κ1) is 17.7. The van der Waals surface area contributed by atoms with Crippen LogP contribution in [0, 0.1) is 0 Å². The van der Waals surface area contributed by atoms with Gasteiger partial charge in [0, 0.05) is 17.4 Å². The summed E-state index contributed by atoms with van der Waals surface area (Å²) in [7, 11) is 0. The Balaban J connectivity index is 1.66. The molecule has 0 spiro atoms. The van der Waals surface area contributed by atoms with E-state index in [0.29, 0.717) is 17.0 Å². The van der Waals surface area contributed by atoms with Crippen molar-refractivity contribution in [2.75, 3.05) is 5.32 Å². The lowest BCUT2D eigenvalue weighted by atomic mass is 9.87. The normalized spacial score (nSPS) is 15.8. The van der Waals surface area contributed by atoms with Gasteiger partial charge in [0.15, 0.2) is 5.65 Å². The number of nitrogens with zero attached hydrogens (tertiary/aromatic N) is 3. The summed E-state index contributed by atoms with van der Waals surface area (Å²) >= 11 is 0. The number of carbonyl (C=O) groups excluding carboxylic acids is 2. The number of nitrogens with one attached hydrogen (secondary N) is 3. The molecule has 1 aliphatic heterocycles. The topological polar surface area (TPSA) is 100 Å². The average molecular weight is 376 g/mol. The molecule has 0 saturated carbocycles. The van der Waals surface area contributed by atoms with E-state index in [1.807, 2.05) is 18.2 Å². The Morgan fingerprint density at radius 2 is 1.96 bits per heavy atom. The fraction of sp³-hybridized carbons (Fsp3) is 0.200. The van der Waals surface area contributed by atoms with Crippen LogP contribution in [-0.2, 0) is 10.2 Å². The summed E-state index contributed by atoms with van der Waals surface area (Å²) < 4.78 is 1.61. The molecule has 3 aromatic rings. The van der Waals surface area contributed by atoms with Crippen LogP contribution in [0.5, 0.6) is 0 Å². The second-order valence-electron chi connectivity index (χ2n) is 7.60. The molecular weight excluding hydrogens is 356 g/mol. The van der Waals surface area contributed by atoms with Crippen LogP contribution in [-0.4, -0.2) is 26.5 Å². The van der Waals surface area contributed by atoms with Crippen LogP contribution in [0.15, 0.2) is 48.4 Å². The van der Waals surface area contributed by atoms with E-state index in [1.54, 1.807) is 23.0 Å². The summed E-state index contributed by atoms with van der Waals surface area (Å²) in [5.41, 5.74) is 3.56. The fourth-order valence-electron chi connectivity index (χ4n) is 2.91. The second kappa shape index (κ2) is 6.49. The number of benzene rings is 1. The first-order valence-electron chi connectivity index (χ1n) is 8.85. The Morgan fingerprint density at radius 1 is 1.14 bits per heavy atom. The van der Waals surface area contributed by atoms with Crippen LogP contribution in [0.3, 0.4) is 0 Å². The molecule has 1 fully saturated rings. The maximum atomic E-state index is 11.7. The molecule has 4 rings (SSSR count). The van der Waals surface area contributed by atoms with Gasteiger partial charge in [-0.05, 0) is 35.3 Å². The minimum Gasteiger partial charge on any atom is -0.340 e. The number of amides is 3. The minimum atomic E-state index is -0.540. The van der Waals surface area contributed by atoms with E-state index in [9.17, 15) is 9.59 Å². The van der Waals surface area contributed by atoms with E-state index < -0.39 is 11.9 Å². The summed E-state index contributed by atoms with van der Waals surface area (Å²) in [5.74, 6) is 0.177. The van der Waals surface area contributed by atoms with Gasteiger partial charge >= 0.3 is 6.03 Å². The van der Waals surface area contributed by atoms with Crippen molar-refractivity contribution in [1.29, 1.82) is 0 Å². The van der Waals surface area contributed by atoms with Gasteiger partial charge in [-0.25, -0.2) is 14.3 Å². The lowest BCUT2D eigenvalue weighted by Gasteiger charge is -2.20. The number of fused-ring (bicyclic) bond motifs is 1. The standard InChI is InChI=1S/C20H20N6O2/c1-20(2,3)13-5-4-6-14(10-13)22-16-7-8-26-17(24-16)12(11-21-26)9-15-18(27)25-19(28)23-15/h4-11H,1-3H3,(H,22,24)(H2,23,25,27,28). The van der Waals surface area contributed by atoms with E-state index in [4.69, 9.17) is 0 Å². The fourth-order valence-corrected chi connectivity index (χ4v) is 2.91. The molecule has 0 atom stereocenters. The van der Waals surface area contributed by atoms with Gasteiger partial charge in [0.2, 0.25) is 0 Å². The molecular formula is C20H20N6O2. The largest absolute Gasteiger partial charge is 0.340 e. The van der Waals surface area contributed by atoms with Crippen molar-refractivity contribution in [3.63, 3.8) is 0 Å². The Bertz CT molecular complexity index is 1120. The smallest absolute Gasteiger partial charge is 0.326 e. The van der Waals surface area contributed by atoms with E-state index in [1.165, 1.54) is 5.56 Å². The van der Waals surface area contributed by atoms with Crippen molar-refractivity contribution in [1.82, 2.24) is 25.2 Å². The Morgan fingerprint density at radius 3 is 2.68 bits per heavy atom. The summed E-state index contributed by atoms with van der Waals surface area (Å²) in [6, 6.07) is 9.48. The molecule has 1 aliphatic rings. The molecule has 28 heavy (non-hydrogen) atoms. The van der Waals surface area contributed by atoms with Gasteiger partial charge in [0.05, 0.1) is 6.20 Å². The van der Waals surface area contributed by atoms with Crippen molar-refractivity contribution in [3.8, 4) is 0 Å². The van der Waals surface area contributed by atoms with Crippen molar-refractivity contribution >= 4 is 35.2 Å². The third-order valence-corrected chi connectivity index (χ3v) is 4.42. The van der Waals surface area contributed by atoms with Crippen molar-refractivity contribution < 1.29 is 9.59 Å². The molecule has 0 unspecified atom stereocenters. The molecule has 3 N–H and O–H groups in total. The maximum Gasteiger partial charge on any atom is 0.326 e. The first-order chi connectivity index (χ1) is 13.3. The maximum absolute atomic E-state index is 11.7. The second-order valence-corrected chi connectivity index (χ2v) is 7.60. The van der Waals surface area contributed by atoms with Crippen LogP contribution in [0.4, 0.5) is 16.3 Å². The SMILES string of the molecule is CC(C)(C)c1cccc(Nc2ccn3ncc(C=C4NC(=O)NC4=O)c3n2)c1. The van der Waals surface area contributed by atoms with Crippen LogP contribution in [0.1, 0.15) is 31.9 Å². The van der Waals surface area contributed by atoms with E-state index in [-0.39, 0.29) is 11.1 Å². The number of aromatic nitrogens is 3. The summed E-state index contributed by atoms with van der Waals surface area (Å²) in [6.07, 6.45) is 4.93. The third-order valence-electron chi connectivity index (χ3n) is 4.42. The van der Waals surface area contributed by atoms with Crippen molar-refractivity contribution in [3.05, 3.63) is 59.5 Å². The highest BCUT2D eigenvalue weighted by molar-refractivity contribution is 6.14. The number of urea groups is 1. The lowest BCUT2D eigenvalue weighted by molar-refractivity contribution is -0.115. The zero-order chi connectivity index (χ0) is 19.9. The highest BCUT2D eigenvalue weighted by atomic mass is 16.2. The molecule has 8 heteroatoms. The van der Waals surface area contributed by atoms with Crippen molar-refractivity contribution in [2.45, 2.75) is 26.2 Å². The molecule has 2 aromatic heterocycles. The van der Waals surface area contributed by atoms with E-state index >= 15 is 0 Å². The summed E-state index contributed by atoms with van der Waals surface area (Å²) in [4.78, 5) is 27.6. The van der Waals surface area contributed by atoms with Gasteiger partial charge in [0.1, 0.15) is 11.5 Å². The van der Waals surface area contributed by atoms with Crippen LogP contribution >= 0.6 is 0 Å². The molecule has 0 aliphatic carbocycles. The van der Waals surface area contributed by atoms with Gasteiger partial charge in [-0.15, -0.1) is 0 Å². The number of imide groups is 1. The molecule has 0 radical (unpaired) electrons. The van der Waals surface area contributed by atoms with Gasteiger partial charge in [-0.2, -0.15) is 5.10 Å². The number of rotatable bonds is 3. The number of hydrogen-bond acceptors (Lipinski definition) is 5. The summed E-state index contributed by atoms with van der Waals surface area (Å²) in [6.45, 7) is 6.50. The predicted octanol–water partition coefficient (Wildman–Crippen LogP) is 2.95. The average Bonchev–Trinajstić information content (AvgIpc) is 3.17. The highest BCUT2D eigenvalue weighted by Crippen LogP contribution is 2.26. The molecule has 3 heterocycles. The van der Waals surface area contributed by atoms with E-state index in [2.05, 4.69) is 58.9 Å². The van der Waals surface area contributed by atoms with Crippen molar-refractivity contribution in [2.24, 2.45) is 0 Å². The number of anilines is 2. The Kier molecular flexibility index (Phi) is 4.11. The Hall–Kier alpha value is -3.68. The monoisotopic (exact) mass is 376 g/mol. The first-order valence-corrected chi connectivity index (χ1v) is 8.85. The molecule has 1 saturated heterocycles. The summed E-state index contributed by atoms with van der Waals surface area (Å²) in [5, 5.41) is 12.2.